The number of benzene rings is 1. The Balaban J connectivity index is 1.35. The topological polar surface area (TPSA) is 82.6 Å². The minimum absolute atomic E-state index is 0.00649. The first-order valence-electron chi connectivity index (χ1n) is 9.12. The van der Waals surface area contributed by atoms with Crippen molar-refractivity contribution in [3.05, 3.63) is 45.9 Å². The van der Waals surface area contributed by atoms with Gasteiger partial charge < -0.3 is 10.2 Å². The van der Waals surface area contributed by atoms with Gasteiger partial charge in [-0.3, -0.25) is 14.5 Å². The van der Waals surface area contributed by atoms with Crippen LogP contribution in [0.1, 0.15) is 57.4 Å². The van der Waals surface area contributed by atoms with Crippen LogP contribution in [-0.4, -0.2) is 45.2 Å². The quantitative estimate of drug-likeness (QED) is 0.826. The van der Waals surface area contributed by atoms with Crippen molar-refractivity contribution in [2.75, 3.05) is 11.9 Å². The van der Waals surface area contributed by atoms with Gasteiger partial charge in [0.1, 0.15) is 5.01 Å². The standard InChI is InChI=1S/C19H18N4O3S/c24-17-13-6-3-11(10-14(13)18(25)23(17)12-4-5-12)21-19(26)22-8-1-2-15(22)16-20-7-9-27-16/h3,6-7,9-10,12,15H,1-2,4-5,8H2,(H,21,26)/t15-/m0/s1. The van der Waals surface area contributed by atoms with Gasteiger partial charge >= 0.3 is 6.03 Å². The molecule has 1 atom stereocenters. The van der Waals surface area contributed by atoms with Crippen molar-refractivity contribution in [1.82, 2.24) is 14.8 Å². The van der Waals surface area contributed by atoms with Gasteiger partial charge in [0, 0.05) is 29.9 Å². The molecule has 138 valence electrons. The second-order valence-electron chi connectivity index (χ2n) is 7.12. The second-order valence-corrected chi connectivity index (χ2v) is 8.05. The van der Waals surface area contributed by atoms with Crippen molar-refractivity contribution < 1.29 is 14.4 Å². The van der Waals surface area contributed by atoms with Crippen LogP contribution in [0, 0.1) is 0 Å². The lowest BCUT2D eigenvalue weighted by Gasteiger charge is -2.23. The highest BCUT2D eigenvalue weighted by molar-refractivity contribution is 7.09. The van der Waals surface area contributed by atoms with Crippen LogP contribution >= 0.6 is 11.3 Å². The predicted molar refractivity (Wildman–Crippen MR) is 99.8 cm³/mol. The predicted octanol–water partition coefficient (Wildman–Crippen LogP) is 3.27. The van der Waals surface area contributed by atoms with Gasteiger partial charge in [0.15, 0.2) is 0 Å². The van der Waals surface area contributed by atoms with Crippen LogP contribution in [-0.2, 0) is 0 Å². The molecule has 3 aliphatic rings. The number of carbonyl (C=O) groups is 3. The number of rotatable bonds is 3. The summed E-state index contributed by atoms with van der Waals surface area (Å²) >= 11 is 1.55. The van der Waals surface area contributed by atoms with Crippen LogP contribution in [0.25, 0.3) is 0 Å². The van der Waals surface area contributed by atoms with Crippen LogP contribution < -0.4 is 5.32 Å². The van der Waals surface area contributed by atoms with Crippen molar-refractivity contribution in [3.63, 3.8) is 0 Å². The largest absolute Gasteiger partial charge is 0.322 e. The summed E-state index contributed by atoms with van der Waals surface area (Å²) in [6.07, 6.45) is 5.34. The molecular weight excluding hydrogens is 364 g/mol. The number of nitrogens with one attached hydrogen (secondary N) is 1. The summed E-state index contributed by atoms with van der Waals surface area (Å²) in [5.41, 5.74) is 1.33. The number of urea groups is 1. The number of aromatic nitrogens is 1. The minimum atomic E-state index is -0.254. The Morgan fingerprint density at radius 2 is 1.96 bits per heavy atom. The average Bonchev–Trinajstić information content (AvgIpc) is 3.09. The Bertz CT molecular complexity index is 938. The van der Waals surface area contributed by atoms with Gasteiger partial charge in [-0.25, -0.2) is 9.78 Å². The molecule has 0 bridgehead atoms. The summed E-state index contributed by atoms with van der Waals surface area (Å²) in [6, 6.07) is 4.77. The molecule has 27 heavy (non-hydrogen) atoms. The van der Waals surface area contributed by atoms with E-state index in [0.29, 0.717) is 23.4 Å². The molecule has 1 aromatic carbocycles. The van der Waals surface area contributed by atoms with Crippen molar-refractivity contribution in [1.29, 1.82) is 0 Å². The van der Waals surface area contributed by atoms with Crippen LogP contribution in [0.3, 0.4) is 0 Å². The highest BCUT2D eigenvalue weighted by Crippen LogP contribution is 2.36. The highest BCUT2D eigenvalue weighted by atomic mass is 32.1. The molecule has 2 aliphatic heterocycles. The number of anilines is 1. The van der Waals surface area contributed by atoms with Crippen molar-refractivity contribution in [3.8, 4) is 0 Å². The molecule has 1 N–H and O–H groups in total. The monoisotopic (exact) mass is 382 g/mol. The molecule has 3 heterocycles. The van der Waals surface area contributed by atoms with E-state index >= 15 is 0 Å². The van der Waals surface area contributed by atoms with Crippen molar-refractivity contribution >= 4 is 34.9 Å². The maximum Gasteiger partial charge on any atom is 0.322 e. The van der Waals surface area contributed by atoms with Gasteiger partial charge in [0.05, 0.1) is 17.2 Å². The third-order valence-electron chi connectivity index (χ3n) is 5.33. The van der Waals surface area contributed by atoms with E-state index in [4.69, 9.17) is 0 Å². The Hall–Kier alpha value is -2.74. The summed E-state index contributed by atoms with van der Waals surface area (Å²) in [4.78, 5) is 45.2. The fraction of sp³-hybridized carbons (Fsp3) is 0.368. The number of carbonyl (C=O) groups excluding carboxylic acids is 3. The summed E-state index contributed by atoms with van der Waals surface area (Å²) in [5, 5.41) is 5.74. The summed E-state index contributed by atoms with van der Waals surface area (Å²) in [6.45, 7) is 0.674. The molecule has 1 aliphatic carbocycles. The molecule has 2 aromatic rings. The van der Waals surface area contributed by atoms with E-state index < -0.39 is 0 Å². The molecule has 8 heteroatoms. The van der Waals surface area contributed by atoms with Gasteiger partial charge in [-0.05, 0) is 43.9 Å². The first kappa shape index (κ1) is 16.4. The number of imide groups is 1. The zero-order chi connectivity index (χ0) is 18.5. The Morgan fingerprint density at radius 3 is 2.70 bits per heavy atom. The lowest BCUT2D eigenvalue weighted by atomic mass is 10.1. The van der Waals surface area contributed by atoms with E-state index in [-0.39, 0.29) is 29.9 Å². The van der Waals surface area contributed by atoms with E-state index in [0.717, 1.165) is 30.7 Å². The first-order valence-corrected chi connectivity index (χ1v) is 10.0. The number of nitrogens with zero attached hydrogens (tertiary/aromatic N) is 3. The van der Waals surface area contributed by atoms with Gasteiger partial charge in [-0.1, -0.05) is 0 Å². The summed E-state index contributed by atoms with van der Waals surface area (Å²) < 4.78 is 0. The van der Waals surface area contributed by atoms with Crippen LogP contribution in [0.4, 0.5) is 10.5 Å². The molecule has 4 amide bonds. The smallest absolute Gasteiger partial charge is 0.315 e. The molecule has 7 nitrogen and oxygen atoms in total. The Morgan fingerprint density at radius 1 is 1.15 bits per heavy atom. The molecule has 1 saturated carbocycles. The van der Waals surface area contributed by atoms with Crippen molar-refractivity contribution in [2.45, 2.75) is 37.8 Å². The number of thiazole rings is 1. The molecule has 0 unspecified atom stereocenters. The Kier molecular flexibility index (Phi) is 3.75. The zero-order valence-electron chi connectivity index (χ0n) is 14.6. The third-order valence-corrected chi connectivity index (χ3v) is 6.21. The van der Waals surface area contributed by atoms with E-state index in [2.05, 4.69) is 10.3 Å². The minimum Gasteiger partial charge on any atom is -0.315 e. The lowest BCUT2D eigenvalue weighted by Crippen LogP contribution is -2.34. The lowest BCUT2D eigenvalue weighted by molar-refractivity contribution is 0.0642. The van der Waals surface area contributed by atoms with Gasteiger partial charge in [0.2, 0.25) is 0 Å². The number of amides is 4. The molecule has 1 aromatic heterocycles. The maximum atomic E-state index is 12.8. The van der Waals surface area contributed by atoms with E-state index in [1.807, 2.05) is 5.38 Å². The average molecular weight is 382 g/mol. The Labute approximate surface area is 160 Å². The first-order chi connectivity index (χ1) is 13.1. The van der Waals surface area contributed by atoms with Crippen LogP contribution in [0.15, 0.2) is 29.8 Å². The number of fused-ring (bicyclic) bond motifs is 1. The number of hydrogen-bond donors (Lipinski definition) is 1. The SMILES string of the molecule is O=C1c2ccc(NC(=O)N3CCC[C@H]3c3nccs3)cc2C(=O)N1C1CC1. The van der Waals surface area contributed by atoms with E-state index in [1.165, 1.54) is 4.90 Å². The fourth-order valence-corrected chi connectivity index (χ4v) is 4.65. The van der Waals surface area contributed by atoms with Gasteiger partial charge in [0.25, 0.3) is 11.8 Å². The van der Waals surface area contributed by atoms with Gasteiger partial charge in [-0.15, -0.1) is 11.3 Å². The summed E-state index contributed by atoms with van der Waals surface area (Å²) in [5.74, 6) is -0.478. The van der Waals surface area contributed by atoms with E-state index in [9.17, 15) is 14.4 Å². The molecule has 0 radical (unpaired) electrons. The third kappa shape index (κ3) is 2.71. The fourth-order valence-electron chi connectivity index (χ4n) is 3.86. The normalized spacial score (nSPS) is 21.7. The van der Waals surface area contributed by atoms with Crippen molar-refractivity contribution in [2.24, 2.45) is 0 Å². The second kappa shape index (κ2) is 6.16. The molecular formula is C19H18N4O3S. The van der Waals surface area contributed by atoms with Gasteiger partial charge in [-0.2, -0.15) is 0 Å². The number of likely N-dealkylation sites (tertiary alicyclic amines) is 1. The van der Waals surface area contributed by atoms with Crippen LogP contribution in [0.5, 0.6) is 0 Å². The molecule has 5 rings (SSSR count). The van der Waals surface area contributed by atoms with E-state index in [1.54, 1.807) is 40.6 Å². The molecule has 0 spiro atoms. The highest BCUT2D eigenvalue weighted by Gasteiger charge is 2.44. The summed E-state index contributed by atoms with van der Waals surface area (Å²) in [7, 11) is 0. The zero-order valence-corrected chi connectivity index (χ0v) is 15.4. The number of hydrogen-bond acceptors (Lipinski definition) is 5. The van der Waals surface area contributed by atoms with Crippen LogP contribution in [0.2, 0.25) is 0 Å². The molecule has 2 fully saturated rings. The maximum absolute atomic E-state index is 12.8. The molecule has 1 saturated heterocycles.